The van der Waals surface area contributed by atoms with E-state index in [0.717, 1.165) is 12.8 Å². The van der Waals surface area contributed by atoms with Gasteiger partial charge in [-0.3, -0.25) is 4.79 Å². The van der Waals surface area contributed by atoms with Gasteiger partial charge in [0.25, 0.3) is 0 Å². The monoisotopic (exact) mass is 200 g/mol. The Labute approximate surface area is 90.3 Å². The van der Waals surface area contributed by atoms with Gasteiger partial charge in [0.1, 0.15) is 5.78 Å². The van der Waals surface area contributed by atoms with Crippen LogP contribution in [0.3, 0.4) is 0 Å². The zero-order valence-corrected chi connectivity index (χ0v) is 11.1. The summed E-state index contributed by atoms with van der Waals surface area (Å²) >= 11 is 0. The predicted molar refractivity (Wildman–Crippen MR) is 64.5 cm³/mol. The molecule has 86 valence electrons. The van der Waals surface area contributed by atoms with Crippen LogP contribution >= 0.6 is 0 Å². The van der Waals surface area contributed by atoms with Gasteiger partial charge in [0.2, 0.25) is 0 Å². The van der Waals surface area contributed by atoms with Crippen LogP contribution < -0.4 is 0 Å². The van der Waals surface area contributed by atoms with Gasteiger partial charge in [0.15, 0.2) is 0 Å². The third kappa shape index (κ3) is 4.26. The van der Waals surface area contributed by atoms with Crippen LogP contribution in [0.25, 0.3) is 0 Å². The average molecular weight is 200 g/mol. The molecule has 1 rings (SSSR count). The highest BCUT2D eigenvalue weighted by molar-refractivity contribution is 5.84. The lowest BCUT2D eigenvalue weighted by Crippen LogP contribution is -2.34. The lowest BCUT2D eigenvalue weighted by atomic mass is 9.69. The maximum Gasteiger partial charge on any atom is 0.138 e. The molecule has 1 unspecified atom stereocenters. The average Bonchev–Trinajstić information content (AvgIpc) is 2.21. The van der Waals surface area contributed by atoms with Gasteiger partial charge in [0, 0.05) is 11.8 Å². The molecular weight excluding hydrogens is 172 g/mol. The predicted octanol–water partition coefficient (Wildman–Crippen LogP) is 4.45. The molecule has 0 spiro atoms. The van der Waals surface area contributed by atoms with Crippen LogP contribution in [0.1, 0.15) is 67.7 Å². The van der Waals surface area contributed by atoms with Crippen molar-refractivity contribution in [3.8, 4) is 0 Å². The highest BCUT2D eigenvalue weighted by Gasteiger charge is 2.35. The summed E-state index contributed by atoms with van der Waals surface area (Å²) in [5.74, 6) is 1.03. The lowest BCUT2D eigenvalue weighted by molar-refractivity contribution is -0.132. The SMILES string of the molecule is CC.CC.CC1CCCC(=O)C1(C)C. The molecule has 14 heavy (non-hydrogen) atoms. The third-order valence-corrected chi connectivity index (χ3v) is 2.99. The minimum absolute atomic E-state index is 0.0434. The molecule has 0 aromatic rings. The molecule has 1 atom stereocenters. The van der Waals surface area contributed by atoms with Crippen LogP contribution in [0, 0.1) is 11.3 Å². The summed E-state index contributed by atoms with van der Waals surface area (Å²) in [6, 6.07) is 0. The maximum atomic E-state index is 11.3. The fraction of sp³-hybridized carbons (Fsp3) is 0.923. The second-order valence-corrected chi connectivity index (χ2v) is 3.94. The number of ketones is 1. The number of carbonyl (C=O) groups is 1. The summed E-state index contributed by atoms with van der Waals surface area (Å²) in [5, 5.41) is 0. The first-order valence-corrected chi connectivity index (χ1v) is 6.08. The normalized spacial score (nSPS) is 23.9. The Morgan fingerprint density at radius 3 is 1.86 bits per heavy atom. The Bertz CT molecular complexity index is 147. The smallest absolute Gasteiger partial charge is 0.138 e. The molecule has 0 aromatic heterocycles. The number of carbonyl (C=O) groups excluding carboxylic acids is 1. The van der Waals surface area contributed by atoms with E-state index in [-0.39, 0.29) is 5.41 Å². The molecule has 1 heteroatoms. The summed E-state index contributed by atoms with van der Waals surface area (Å²) < 4.78 is 0. The van der Waals surface area contributed by atoms with Crippen molar-refractivity contribution in [3.63, 3.8) is 0 Å². The lowest BCUT2D eigenvalue weighted by Gasteiger charge is -2.34. The summed E-state index contributed by atoms with van der Waals surface area (Å²) in [6.07, 6.45) is 3.12. The van der Waals surface area contributed by atoms with Crippen LogP contribution in [0.4, 0.5) is 0 Å². The van der Waals surface area contributed by atoms with Gasteiger partial charge in [-0.05, 0) is 18.8 Å². The first-order valence-electron chi connectivity index (χ1n) is 6.08. The fourth-order valence-electron chi connectivity index (χ4n) is 1.53. The molecule has 1 saturated carbocycles. The van der Waals surface area contributed by atoms with Crippen LogP contribution in [0.5, 0.6) is 0 Å². The van der Waals surface area contributed by atoms with Crippen molar-refractivity contribution >= 4 is 5.78 Å². The Kier molecular flexibility index (Phi) is 9.23. The summed E-state index contributed by atoms with van der Waals surface area (Å²) in [6.45, 7) is 14.3. The minimum atomic E-state index is -0.0434. The van der Waals surface area contributed by atoms with E-state index in [1.165, 1.54) is 6.42 Å². The van der Waals surface area contributed by atoms with Gasteiger partial charge in [-0.2, -0.15) is 0 Å². The van der Waals surface area contributed by atoms with Gasteiger partial charge in [-0.25, -0.2) is 0 Å². The van der Waals surface area contributed by atoms with Gasteiger partial charge in [-0.1, -0.05) is 48.5 Å². The van der Waals surface area contributed by atoms with Crippen LogP contribution in [-0.2, 0) is 4.79 Å². The second-order valence-electron chi connectivity index (χ2n) is 3.94. The Morgan fingerprint density at radius 2 is 1.57 bits per heavy atom. The molecule has 0 amide bonds. The second kappa shape index (κ2) is 8.02. The van der Waals surface area contributed by atoms with Gasteiger partial charge >= 0.3 is 0 Å². The summed E-state index contributed by atoms with van der Waals surface area (Å²) in [4.78, 5) is 11.3. The molecule has 1 nitrogen and oxygen atoms in total. The van der Waals surface area contributed by atoms with Gasteiger partial charge < -0.3 is 0 Å². The van der Waals surface area contributed by atoms with Crippen molar-refractivity contribution in [2.45, 2.75) is 67.7 Å². The van der Waals surface area contributed by atoms with E-state index >= 15 is 0 Å². The molecule has 0 saturated heterocycles. The van der Waals surface area contributed by atoms with Crippen molar-refractivity contribution in [2.24, 2.45) is 11.3 Å². The number of hydrogen-bond acceptors (Lipinski definition) is 1. The van der Waals surface area contributed by atoms with Crippen molar-refractivity contribution in [1.82, 2.24) is 0 Å². The fourth-order valence-corrected chi connectivity index (χ4v) is 1.53. The standard InChI is InChI=1S/C9H16O.2C2H6/c1-7-5-4-6-8(10)9(7,2)3;2*1-2/h7H,4-6H2,1-3H3;2*1-2H3. The van der Waals surface area contributed by atoms with E-state index in [2.05, 4.69) is 20.8 Å². The van der Waals surface area contributed by atoms with E-state index in [0.29, 0.717) is 11.7 Å². The van der Waals surface area contributed by atoms with Crippen molar-refractivity contribution in [3.05, 3.63) is 0 Å². The number of Topliss-reactive ketones (excluding diaryl/α,β-unsaturated/α-hetero) is 1. The van der Waals surface area contributed by atoms with Crippen LogP contribution in [-0.4, -0.2) is 5.78 Å². The molecule has 0 radical (unpaired) electrons. The van der Waals surface area contributed by atoms with Crippen molar-refractivity contribution in [1.29, 1.82) is 0 Å². The van der Waals surface area contributed by atoms with E-state index in [4.69, 9.17) is 0 Å². The zero-order valence-electron chi connectivity index (χ0n) is 11.1. The topological polar surface area (TPSA) is 17.1 Å². The van der Waals surface area contributed by atoms with Gasteiger partial charge in [0.05, 0.1) is 0 Å². The molecule has 1 aliphatic rings. The van der Waals surface area contributed by atoms with E-state index in [1.54, 1.807) is 0 Å². The number of rotatable bonds is 0. The highest BCUT2D eigenvalue weighted by Crippen LogP contribution is 2.37. The first kappa shape index (κ1) is 16.1. The van der Waals surface area contributed by atoms with E-state index in [9.17, 15) is 4.79 Å². The first-order chi connectivity index (χ1) is 6.55. The molecule has 1 aliphatic carbocycles. The summed E-state index contributed by atoms with van der Waals surface area (Å²) in [7, 11) is 0. The Balaban J connectivity index is 0. The molecule has 1 fully saturated rings. The Hall–Kier alpha value is -0.330. The highest BCUT2D eigenvalue weighted by atomic mass is 16.1. The summed E-state index contributed by atoms with van der Waals surface area (Å²) in [5.41, 5.74) is -0.0434. The van der Waals surface area contributed by atoms with E-state index < -0.39 is 0 Å². The largest absolute Gasteiger partial charge is 0.299 e. The van der Waals surface area contributed by atoms with Crippen molar-refractivity contribution in [2.75, 3.05) is 0 Å². The Morgan fingerprint density at radius 1 is 1.14 bits per heavy atom. The van der Waals surface area contributed by atoms with E-state index in [1.807, 2.05) is 27.7 Å². The molecule has 0 heterocycles. The van der Waals surface area contributed by atoms with Gasteiger partial charge in [-0.15, -0.1) is 0 Å². The van der Waals surface area contributed by atoms with Crippen LogP contribution in [0.2, 0.25) is 0 Å². The molecule has 0 bridgehead atoms. The molecule has 0 aromatic carbocycles. The zero-order chi connectivity index (χ0) is 11.8. The number of hydrogen-bond donors (Lipinski definition) is 0. The van der Waals surface area contributed by atoms with Crippen LogP contribution in [0.15, 0.2) is 0 Å². The van der Waals surface area contributed by atoms with Crippen molar-refractivity contribution < 1.29 is 4.79 Å². The molecule has 0 aliphatic heterocycles. The third-order valence-electron chi connectivity index (χ3n) is 2.99. The quantitative estimate of drug-likeness (QED) is 0.564. The minimum Gasteiger partial charge on any atom is -0.299 e. The molecule has 0 N–H and O–H groups in total. The maximum absolute atomic E-state index is 11.3. The molecular formula is C13H28O.